The van der Waals surface area contributed by atoms with Crippen molar-refractivity contribution in [3.8, 4) is 0 Å². The minimum atomic E-state index is 0.111. The Morgan fingerprint density at radius 3 is 2.77 bits per heavy atom. The molecule has 2 aromatic heterocycles. The molecule has 1 amide bonds. The van der Waals surface area contributed by atoms with Gasteiger partial charge >= 0.3 is 0 Å². The third-order valence-corrected chi connectivity index (χ3v) is 4.83. The van der Waals surface area contributed by atoms with Gasteiger partial charge in [-0.15, -0.1) is 0 Å². The van der Waals surface area contributed by atoms with Crippen molar-refractivity contribution in [2.45, 2.75) is 58.4 Å². The minimum Gasteiger partial charge on any atom is -0.337 e. The van der Waals surface area contributed by atoms with Gasteiger partial charge in [0.2, 0.25) is 0 Å². The van der Waals surface area contributed by atoms with Crippen molar-refractivity contribution in [3.05, 3.63) is 35.3 Å². The van der Waals surface area contributed by atoms with E-state index < -0.39 is 0 Å². The topological polar surface area (TPSA) is 37.6 Å². The van der Waals surface area contributed by atoms with E-state index in [0.717, 1.165) is 36.3 Å². The van der Waals surface area contributed by atoms with Crippen LogP contribution in [0.15, 0.2) is 18.3 Å². The number of pyridine rings is 1. The molecule has 118 valence electrons. The number of fused-ring (bicyclic) bond motifs is 1. The molecule has 0 unspecified atom stereocenters. The van der Waals surface area contributed by atoms with Gasteiger partial charge in [-0.05, 0) is 43.9 Å². The average Bonchev–Trinajstić information content (AvgIpc) is 2.91. The van der Waals surface area contributed by atoms with Crippen LogP contribution >= 0.6 is 0 Å². The number of carbonyl (C=O) groups is 1. The number of nitrogens with zero attached hydrogens (tertiary/aromatic N) is 3. The van der Waals surface area contributed by atoms with E-state index in [1.165, 1.54) is 24.8 Å². The standard InChI is InChI=1S/C18H25N3O/c1-4-15-17(21-11-10-13(2)12-16(21)19-15)18(22)20(3)14-8-6-5-7-9-14/h10-12,14H,4-9H2,1-3H3. The number of rotatable bonds is 3. The first kappa shape index (κ1) is 15.1. The molecule has 1 saturated carbocycles. The van der Waals surface area contributed by atoms with E-state index in [2.05, 4.69) is 18.8 Å². The van der Waals surface area contributed by atoms with Gasteiger partial charge in [0, 0.05) is 19.3 Å². The summed E-state index contributed by atoms with van der Waals surface area (Å²) in [7, 11) is 1.95. The molecular weight excluding hydrogens is 274 g/mol. The summed E-state index contributed by atoms with van der Waals surface area (Å²) in [5, 5.41) is 0. The second kappa shape index (κ2) is 6.11. The number of imidazole rings is 1. The molecule has 1 aliphatic rings. The Morgan fingerprint density at radius 1 is 1.36 bits per heavy atom. The van der Waals surface area contributed by atoms with Crippen LogP contribution in [0.1, 0.15) is 60.8 Å². The van der Waals surface area contributed by atoms with Crippen molar-refractivity contribution >= 4 is 11.6 Å². The summed E-state index contributed by atoms with van der Waals surface area (Å²) in [6, 6.07) is 4.45. The first-order chi connectivity index (χ1) is 10.6. The number of hydrogen-bond donors (Lipinski definition) is 0. The molecule has 3 rings (SSSR count). The van der Waals surface area contributed by atoms with Gasteiger partial charge in [0.15, 0.2) is 0 Å². The van der Waals surface area contributed by atoms with E-state index >= 15 is 0 Å². The lowest BCUT2D eigenvalue weighted by Crippen LogP contribution is -2.39. The minimum absolute atomic E-state index is 0.111. The molecule has 0 atom stereocenters. The second-order valence-corrected chi connectivity index (χ2v) is 6.40. The van der Waals surface area contributed by atoms with Crippen LogP contribution in [-0.2, 0) is 6.42 Å². The zero-order valence-corrected chi connectivity index (χ0v) is 13.8. The van der Waals surface area contributed by atoms with Crippen LogP contribution in [0.2, 0.25) is 0 Å². The molecule has 1 aliphatic carbocycles. The average molecular weight is 299 g/mol. The zero-order chi connectivity index (χ0) is 15.7. The van der Waals surface area contributed by atoms with Crippen molar-refractivity contribution in [3.63, 3.8) is 0 Å². The quantitative estimate of drug-likeness (QED) is 0.868. The molecule has 0 bridgehead atoms. The largest absolute Gasteiger partial charge is 0.337 e. The lowest BCUT2D eigenvalue weighted by atomic mass is 9.94. The third-order valence-electron chi connectivity index (χ3n) is 4.83. The molecule has 0 spiro atoms. The van der Waals surface area contributed by atoms with E-state index in [1.54, 1.807) is 0 Å². The van der Waals surface area contributed by atoms with Crippen molar-refractivity contribution < 1.29 is 4.79 Å². The van der Waals surface area contributed by atoms with Crippen molar-refractivity contribution in [1.82, 2.24) is 14.3 Å². The molecule has 0 N–H and O–H groups in total. The highest BCUT2D eigenvalue weighted by molar-refractivity contribution is 5.94. The van der Waals surface area contributed by atoms with Crippen LogP contribution in [0.4, 0.5) is 0 Å². The van der Waals surface area contributed by atoms with E-state index in [9.17, 15) is 4.79 Å². The van der Waals surface area contributed by atoms with Crippen LogP contribution in [0.25, 0.3) is 5.65 Å². The van der Waals surface area contributed by atoms with E-state index in [-0.39, 0.29) is 5.91 Å². The molecule has 0 saturated heterocycles. The van der Waals surface area contributed by atoms with E-state index in [1.807, 2.05) is 34.7 Å². The highest BCUT2D eigenvalue weighted by Crippen LogP contribution is 2.24. The number of aryl methyl sites for hydroxylation is 2. The predicted molar refractivity (Wildman–Crippen MR) is 88.3 cm³/mol. The zero-order valence-electron chi connectivity index (χ0n) is 13.8. The maximum atomic E-state index is 13.0. The van der Waals surface area contributed by atoms with Gasteiger partial charge in [-0.3, -0.25) is 9.20 Å². The Morgan fingerprint density at radius 2 is 2.09 bits per heavy atom. The molecule has 22 heavy (non-hydrogen) atoms. The summed E-state index contributed by atoms with van der Waals surface area (Å²) in [4.78, 5) is 19.7. The monoisotopic (exact) mass is 299 g/mol. The third kappa shape index (κ3) is 2.62. The van der Waals surface area contributed by atoms with Gasteiger partial charge in [-0.2, -0.15) is 0 Å². The van der Waals surface area contributed by atoms with Gasteiger partial charge in [-0.1, -0.05) is 26.2 Å². The lowest BCUT2D eigenvalue weighted by Gasteiger charge is -2.31. The highest BCUT2D eigenvalue weighted by atomic mass is 16.2. The fraction of sp³-hybridized carbons (Fsp3) is 0.556. The fourth-order valence-corrected chi connectivity index (χ4v) is 3.47. The first-order valence-corrected chi connectivity index (χ1v) is 8.36. The Labute approximate surface area is 132 Å². The van der Waals surface area contributed by atoms with Crippen molar-refractivity contribution in [2.75, 3.05) is 7.05 Å². The summed E-state index contributed by atoms with van der Waals surface area (Å²) >= 11 is 0. The molecule has 0 aromatic carbocycles. The predicted octanol–water partition coefficient (Wildman–Crippen LogP) is 3.61. The van der Waals surface area contributed by atoms with Crippen molar-refractivity contribution in [1.29, 1.82) is 0 Å². The van der Waals surface area contributed by atoms with Gasteiger partial charge in [-0.25, -0.2) is 4.98 Å². The first-order valence-electron chi connectivity index (χ1n) is 8.36. The summed E-state index contributed by atoms with van der Waals surface area (Å²) in [5.74, 6) is 0.111. The SMILES string of the molecule is CCc1nc2cc(C)ccn2c1C(=O)N(C)C1CCCCC1. The molecule has 4 heteroatoms. The Hall–Kier alpha value is -1.84. The molecule has 0 aliphatic heterocycles. The van der Waals surface area contributed by atoms with Gasteiger partial charge in [0.1, 0.15) is 11.3 Å². The van der Waals surface area contributed by atoms with Crippen molar-refractivity contribution in [2.24, 2.45) is 0 Å². The molecular formula is C18H25N3O. The molecule has 1 fully saturated rings. The summed E-state index contributed by atoms with van der Waals surface area (Å²) in [6.45, 7) is 4.11. The Bertz CT molecular complexity index is 683. The molecule has 2 heterocycles. The molecule has 2 aromatic rings. The lowest BCUT2D eigenvalue weighted by molar-refractivity contribution is 0.0688. The van der Waals surface area contributed by atoms with Gasteiger partial charge < -0.3 is 4.90 Å². The van der Waals surface area contributed by atoms with Crippen LogP contribution in [0.3, 0.4) is 0 Å². The van der Waals surface area contributed by atoms with E-state index in [0.29, 0.717) is 6.04 Å². The molecule has 0 radical (unpaired) electrons. The summed E-state index contributed by atoms with van der Waals surface area (Å²) in [5.41, 5.74) is 3.68. The van der Waals surface area contributed by atoms with Gasteiger partial charge in [0.25, 0.3) is 5.91 Å². The number of aromatic nitrogens is 2. The number of amides is 1. The maximum absolute atomic E-state index is 13.0. The van der Waals surface area contributed by atoms with Crippen LogP contribution in [0, 0.1) is 6.92 Å². The van der Waals surface area contributed by atoms with Gasteiger partial charge in [0.05, 0.1) is 5.69 Å². The summed E-state index contributed by atoms with van der Waals surface area (Å²) < 4.78 is 1.95. The normalized spacial score (nSPS) is 16.1. The fourth-order valence-electron chi connectivity index (χ4n) is 3.47. The molecule has 4 nitrogen and oxygen atoms in total. The Balaban J connectivity index is 1.98. The maximum Gasteiger partial charge on any atom is 0.272 e. The Kier molecular flexibility index (Phi) is 4.19. The van der Waals surface area contributed by atoms with Crippen LogP contribution < -0.4 is 0 Å². The highest BCUT2D eigenvalue weighted by Gasteiger charge is 2.27. The van der Waals surface area contributed by atoms with Crippen LogP contribution in [0.5, 0.6) is 0 Å². The smallest absolute Gasteiger partial charge is 0.272 e. The van der Waals surface area contributed by atoms with E-state index in [4.69, 9.17) is 0 Å². The van der Waals surface area contributed by atoms with Crippen LogP contribution in [-0.4, -0.2) is 33.3 Å². The second-order valence-electron chi connectivity index (χ2n) is 6.40. The number of carbonyl (C=O) groups excluding carboxylic acids is 1. The number of hydrogen-bond acceptors (Lipinski definition) is 2. The summed E-state index contributed by atoms with van der Waals surface area (Å²) in [6.07, 6.45) is 8.76.